The fraction of sp³-hybridized carbons (Fsp3) is 0.316. The Morgan fingerprint density at radius 2 is 1.44 bits per heavy atom. The summed E-state index contributed by atoms with van der Waals surface area (Å²) in [6.07, 6.45) is -4.35. The highest BCUT2D eigenvalue weighted by molar-refractivity contribution is 5.77. The minimum absolute atomic E-state index is 0.0849. The topological polar surface area (TPSA) is 23.6 Å². The van der Waals surface area contributed by atoms with Crippen molar-refractivity contribution in [1.82, 2.24) is 9.80 Å². The molecule has 1 amide bonds. The highest BCUT2D eigenvalue weighted by Crippen LogP contribution is 2.29. The van der Waals surface area contributed by atoms with Crippen LogP contribution in [0, 0.1) is 0 Å². The van der Waals surface area contributed by atoms with E-state index in [9.17, 15) is 18.0 Å². The number of halogens is 3. The Balaban J connectivity index is 1.87. The van der Waals surface area contributed by atoms with Crippen molar-refractivity contribution >= 4 is 5.91 Å². The van der Waals surface area contributed by atoms with E-state index >= 15 is 0 Å². The van der Waals surface area contributed by atoms with Gasteiger partial charge in [-0.05, 0) is 30.3 Å². The highest BCUT2D eigenvalue weighted by Gasteiger charge is 2.30. The zero-order valence-corrected chi connectivity index (χ0v) is 14.3. The number of nitrogens with zero attached hydrogens (tertiary/aromatic N) is 2. The van der Waals surface area contributed by atoms with Gasteiger partial charge < -0.3 is 4.90 Å². The molecule has 2 aromatic rings. The summed E-state index contributed by atoms with van der Waals surface area (Å²) in [5, 5.41) is 0. The minimum Gasteiger partial charge on any atom is -0.340 e. The lowest BCUT2D eigenvalue weighted by Crippen LogP contribution is -2.36. The molecule has 0 radical (unpaired) electrons. The predicted molar refractivity (Wildman–Crippen MR) is 90.7 cm³/mol. The van der Waals surface area contributed by atoms with Crippen LogP contribution in [0.3, 0.4) is 0 Å². The number of benzene rings is 2. The second kappa shape index (κ2) is 8.16. The normalized spacial score (nSPS) is 11.6. The molecule has 2 rings (SSSR count). The Morgan fingerprint density at radius 1 is 0.880 bits per heavy atom. The smallest absolute Gasteiger partial charge is 0.340 e. The molecule has 0 atom stereocenters. The zero-order valence-electron chi connectivity index (χ0n) is 14.3. The lowest BCUT2D eigenvalue weighted by atomic mass is 10.1. The van der Waals surface area contributed by atoms with Crippen LogP contribution in [0.25, 0.3) is 0 Å². The van der Waals surface area contributed by atoms with Crippen molar-refractivity contribution in [3.05, 3.63) is 71.3 Å². The molecule has 0 heterocycles. The quantitative estimate of drug-likeness (QED) is 0.791. The summed E-state index contributed by atoms with van der Waals surface area (Å²) >= 11 is 0. The van der Waals surface area contributed by atoms with Gasteiger partial charge in [-0.25, -0.2) is 0 Å². The van der Waals surface area contributed by atoms with E-state index in [0.717, 1.165) is 17.7 Å². The van der Waals surface area contributed by atoms with Gasteiger partial charge in [0.2, 0.25) is 5.91 Å². The number of amides is 1. The third-order valence-electron chi connectivity index (χ3n) is 3.83. The molecule has 0 N–H and O–H groups in total. The van der Waals surface area contributed by atoms with E-state index in [1.165, 1.54) is 17.0 Å². The fourth-order valence-corrected chi connectivity index (χ4v) is 2.46. The molecular formula is C19H21F3N2O. The Hall–Kier alpha value is -2.34. The third-order valence-corrected chi connectivity index (χ3v) is 3.83. The maximum Gasteiger partial charge on any atom is 0.416 e. The van der Waals surface area contributed by atoms with Gasteiger partial charge >= 0.3 is 6.18 Å². The number of hydrogen-bond acceptors (Lipinski definition) is 2. The van der Waals surface area contributed by atoms with Gasteiger partial charge in [0.25, 0.3) is 0 Å². The maximum absolute atomic E-state index is 12.6. The first-order chi connectivity index (χ1) is 11.8. The molecule has 0 spiro atoms. The van der Waals surface area contributed by atoms with Gasteiger partial charge in [0.1, 0.15) is 0 Å². The maximum atomic E-state index is 12.6. The molecule has 2 aromatic carbocycles. The van der Waals surface area contributed by atoms with Crippen LogP contribution < -0.4 is 0 Å². The van der Waals surface area contributed by atoms with Crippen molar-refractivity contribution in [2.24, 2.45) is 0 Å². The first-order valence-electron chi connectivity index (χ1n) is 7.88. The van der Waals surface area contributed by atoms with Gasteiger partial charge in [0, 0.05) is 20.1 Å². The van der Waals surface area contributed by atoms with Crippen molar-refractivity contribution in [3.8, 4) is 0 Å². The zero-order chi connectivity index (χ0) is 18.4. The Morgan fingerprint density at radius 3 is 2.00 bits per heavy atom. The van der Waals surface area contributed by atoms with E-state index in [-0.39, 0.29) is 19.0 Å². The Bertz CT molecular complexity index is 684. The number of carbonyl (C=O) groups excluding carboxylic acids is 1. The molecule has 0 aliphatic carbocycles. The number of likely N-dealkylation sites (N-methyl/N-ethyl adjacent to an activating group) is 2. The second-order valence-corrected chi connectivity index (χ2v) is 6.10. The van der Waals surface area contributed by atoms with E-state index < -0.39 is 11.7 Å². The highest BCUT2D eigenvalue weighted by atomic mass is 19.4. The monoisotopic (exact) mass is 350 g/mol. The average Bonchev–Trinajstić information content (AvgIpc) is 2.55. The molecule has 0 bridgehead atoms. The SMILES string of the molecule is CN(CC(=O)N(C)Cc1ccc(C(F)(F)F)cc1)Cc1ccccc1. The molecule has 0 unspecified atom stereocenters. The first-order valence-corrected chi connectivity index (χ1v) is 7.88. The lowest BCUT2D eigenvalue weighted by molar-refractivity contribution is -0.137. The van der Waals surface area contributed by atoms with E-state index in [4.69, 9.17) is 0 Å². The van der Waals surface area contributed by atoms with Crippen molar-refractivity contribution in [1.29, 1.82) is 0 Å². The van der Waals surface area contributed by atoms with Crippen molar-refractivity contribution in [2.75, 3.05) is 20.6 Å². The summed E-state index contributed by atoms with van der Waals surface area (Å²) in [4.78, 5) is 15.7. The molecular weight excluding hydrogens is 329 g/mol. The molecule has 25 heavy (non-hydrogen) atoms. The van der Waals surface area contributed by atoms with Gasteiger partial charge in [0.15, 0.2) is 0 Å². The van der Waals surface area contributed by atoms with Crippen LogP contribution in [0.15, 0.2) is 54.6 Å². The van der Waals surface area contributed by atoms with Crippen LogP contribution in [0.2, 0.25) is 0 Å². The molecule has 0 aromatic heterocycles. The number of rotatable bonds is 6. The van der Waals surface area contributed by atoms with E-state index in [0.29, 0.717) is 12.1 Å². The summed E-state index contributed by atoms with van der Waals surface area (Å²) in [5.74, 6) is -0.0849. The summed E-state index contributed by atoms with van der Waals surface area (Å²) in [7, 11) is 3.51. The molecule has 0 fully saturated rings. The predicted octanol–water partition coefficient (Wildman–Crippen LogP) is 3.80. The van der Waals surface area contributed by atoms with Crippen LogP contribution >= 0.6 is 0 Å². The van der Waals surface area contributed by atoms with E-state index in [1.54, 1.807) is 7.05 Å². The first kappa shape index (κ1) is 19.0. The molecule has 134 valence electrons. The number of carbonyl (C=O) groups is 1. The molecule has 0 aliphatic heterocycles. The van der Waals surface area contributed by atoms with Gasteiger partial charge in [-0.1, -0.05) is 42.5 Å². The summed E-state index contributed by atoms with van der Waals surface area (Å²) in [5.41, 5.74) is 1.09. The van der Waals surface area contributed by atoms with Gasteiger partial charge in [0.05, 0.1) is 12.1 Å². The van der Waals surface area contributed by atoms with Crippen LogP contribution in [0.5, 0.6) is 0 Å². The van der Waals surface area contributed by atoms with Gasteiger partial charge in [-0.3, -0.25) is 9.69 Å². The lowest BCUT2D eigenvalue weighted by Gasteiger charge is -2.22. The molecule has 6 heteroatoms. The summed E-state index contributed by atoms with van der Waals surface area (Å²) in [6.45, 7) is 1.17. The Labute approximate surface area is 145 Å². The van der Waals surface area contributed by atoms with Crippen LogP contribution in [0.4, 0.5) is 13.2 Å². The minimum atomic E-state index is -4.35. The average molecular weight is 350 g/mol. The van der Waals surface area contributed by atoms with Crippen molar-refractivity contribution < 1.29 is 18.0 Å². The van der Waals surface area contributed by atoms with Crippen LogP contribution in [-0.4, -0.2) is 36.3 Å². The standard InChI is InChI=1S/C19H21F3N2O/c1-23(12-15-6-4-3-5-7-15)14-18(25)24(2)13-16-8-10-17(11-9-16)19(20,21)22/h3-11H,12-14H2,1-2H3. The second-order valence-electron chi connectivity index (χ2n) is 6.10. The molecule has 3 nitrogen and oxygen atoms in total. The number of alkyl halides is 3. The van der Waals surface area contributed by atoms with Gasteiger partial charge in [-0.2, -0.15) is 13.2 Å². The molecule has 0 saturated heterocycles. The molecule has 0 aliphatic rings. The van der Waals surface area contributed by atoms with E-state index in [2.05, 4.69) is 0 Å². The van der Waals surface area contributed by atoms with Crippen LogP contribution in [-0.2, 0) is 24.1 Å². The summed E-state index contributed by atoms with van der Waals surface area (Å²) in [6, 6.07) is 14.7. The largest absolute Gasteiger partial charge is 0.416 e. The van der Waals surface area contributed by atoms with Crippen molar-refractivity contribution in [2.45, 2.75) is 19.3 Å². The van der Waals surface area contributed by atoms with Crippen molar-refractivity contribution in [3.63, 3.8) is 0 Å². The van der Waals surface area contributed by atoms with Gasteiger partial charge in [-0.15, -0.1) is 0 Å². The fourth-order valence-electron chi connectivity index (χ4n) is 2.46. The summed E-state index contributed by atoms with van der Waals surface area (Å²) < 4.78 is 37.7. The molecule has 0 saturated carbocycles. The van der Waals surface area contributed by atoms with Crippen LogP contribution in [0.1, 0.15) is 16.7 Å². The Kier molecular flexibility index (Phi) is 6.20. The van der Waals surface area contributed by atoms with E-state index in [1.807, 2.05) is 42.3 Å². The third kappa shape index (κ3) is 5.90. The number of hydrogen-bond donors (Lipinski definition) is 0.